The average Bonchev–Trinajstić information content (AvgIpc) is 2.23. The first-order valence-electron chi connectivity index (χ1n) is 4.17. The minimum atomic E-state index is -5.68. The lowest BCUT2D eigenvalue weighted by Gasteiger charge is -2.23. The van der Waals surface area contributed by atoms with Gasteiger partial charge in [0.15, 0.2) is 0 Å². The minimum Gasteiger partial charge on any atom is -0.453 e. The molecule has 0 amide bonds. The highest BCUT2D eigenvalue weighted by Gasteiger charge is 2.59. The zero-order valence-corrected chi connectivity index (χ0v) is 8.25. The summed E-state index contributed by atoms with van der Waals surface area (Å²) in [5, 5.41) is 8.44. The standard InChI is InChI=1S/C8H3F6N3O/c9-7(10,11)6(8(12,13)14)18-5-4(3-15)16-1-2-17-5/h1-2,6H. The quantitative estimate of drug-likeness (QED) is 0.774. The summed E-state index contributed by atoms with van der Waals surface area (Å²) in [5.74, 6) is -1.13. The van der Waals surface area contributed by atoms with E-state index in [1.165, 1.54) is 6.07 Å². The second kappa shape index (κ2) is 4.67. The number of alkyl halides is 6. The third-order valence-corrected chi connectivity index (χ3v) is 1.59. The van der Waals surface area contributed by atoms with Gasteiger partial charge in [-0.3, -0.25) is 0 Å². The lowest BCUT2D eigenvalue weighted by atomic mass is 10.3. The number of hydrogen-bond acceptors (Lipinski definition) is 4. The Labute approximate surface area is 95.8 Å². The van der Waals surface area contributed by atoms with E-state index >= 15 is 0 Å². The largest absolute Gasteiger partial charge is 0.453 e. The van der Waals surface area contributed by atoms with E-state index in [1.54, 1.807) is 0 Å². The van der Waals surface area contributed by atoms with Gasteiger partial charge >= 0.3 is 12.4 Å². The molecule has 0 aliphatic heterocycles. The van der Waals surface area contributed by atoms with Crippen molar-refractivity contribution in [3.63, 3.8) is 0 Å². The van der Waals surface area contributed by atoms with Crippen LogP contribution < -0.4 is 4.74 Å². The summed E-state index contributed by atoms with van der Waals surface area (Å²) in [6, 6.07) is 1.27. The predicted octanol–water partition coefficient (Wildman–Crippen LogP) is 2.22. The fourth-order valence-corrected chi connectivity index (χ4v) is 0.919. The van der Waals surface area contributed by atoms with Crippen molar-refractivity contribution >= 4 is 0 Å². The van der Waals surface area contributed by atoms with Gasteiger partial charge in [-0.05, 0) is 0 Å². The summed E-state index contributed by atoms with van der Waals surface area (Å²) in [6.45, 7) is 0. The first-order valence-corrected chi connectivity index (χ1v) is 4.17. The summed E-state index contributed by atoms with van der Waals surface area (Å²) in [5.41, 5.74) is -0.768. The first kappa shape index (κ1) is 14.0. The van der Waals surface area contributed by atoms with Crippen LogP contribution in [0, 0.1) is 11.3 Å². The highest BCUT2D eigenvalue weighted by atomic mass is 19.4. The summed E-state index contributed by atoms with van der Waals surface area (Å²) >= 11 is 0. The van der Waals surface area contributed by atoms with Crippen LogP contribution in [0.1, 0.15) is 5.69 Å². The van der Waals surface area contributed by atoms with Crippen LogP contribution in [0.2, 0.25) is 0 Å². The van der Waals surface area contributed by atoms with Crippen molar-refractivity contribution in [2.24, 2.45) is 0 Å². The van der Waals surface area contributed by atoms with Crippen LogP contribution in [-0.4, -0.2) is 28.4 Å². The van der Waals surface area contributed by atoms with E-state index in [2.05, 4.69) is 14.7 Å². The smallest absolute Gasteiger partial charge is 0.434 e. The van der Waals surface area contributed by atoms with Gasteiger partial charge in [-0.15, -0.1) is 0 Å². The number of hydrogen-bond donors (Lipinski definition) is 0. The molecule has 1 heterocycles. The zero-order valence-electron chi connectivity index (χ0n) is 8.25. The molecule has 0 aliphatic carbocycles. The lowest BCUT2D eigenvalue weighted by molar-refractivity contribution is -0.300. The van der Waals surface area contributed by atoms with E-state index in [0.717, 1.165) is 12.4 Å². The molecule has 4 nitrogen and oxygen atoms in total. The van der Waals surface area contributed by atoms with E-state index in [-0.39, 0.29) is 0 Å². The molecule has 1 rings (SSSR count). The highest BCUT2D eigenvalue weighted by molar-refractivity contribution is 5.30. The van der Waals surface area contributed by atoms with Gasteiger partial charge in [-0.25, -0.2) is 9.97 Å². The monoisotopic (exact) mass is 271 g/mol. The molecular formula is C8H3F6N3O. The Morgan fingerprint density at radius 1 is 1.06 bits per heavy atom. The van der Waals surface area contributed by atoms with Crippen LogP contribution in [0.25, 0.3) is 0 Å². The van der Waals surface area contributed by atoms with Crippen molar-refractivity contribution in [1.29, 1.82) is 5.26 Å². The van der Waals surface area contributed by atoms with Gasteiger partial charge in [0.1, 0.15) is 6.07 Å². The van der Waals surface area contributed by atoms with Crippen molar-refractivity contribution in [3.8, 4) is 11.9 Å². The predicted molar refractivity (Wildman–Crippen MR) is 43.3 cm³/mol. The van der Waals surface area contributed by atoms with Crippen LogP contribution in [0.3, 0.4) is 0 Å². The number of nitriles is 1. The number of nitrogens with zero attached hydrogens (tertiary/aromatic N) is 3. The van der Waals surface area contributed by atoms with Crippen molar-refractivity contribution in [2.45, 2.75) is 18.5 Å². The lowest BCUT2D eigenvalue weighted by Crippen LogP contribution is -2.46. The molecule has 0 N–H and O–H groups in total. The van der Waals surface area contributed by atoms with Crippen LogP contribution in [0.4, 0.5) is 26.3 Å². The maximum Gasteiger partial charge on any atom is 0.434 e. The molecule has 0 fully saturated rings. The third kappa shape index (κ3) is 3.22. The maximum atomic E-state index is 12.2. The Kier molecular flexibility index (Phi) is 3.64. The van der Waals surface area contributed by atoms with Crippen LogP contribution in [-0.2, 0) is 0 Å². The average molecular weight is 271 g/mol. The van der Waals surface area contributed by atoms with E-state index in [1.807, 2.05) is 0 Å². The minimum absolute atomic E-state index is 0.768. The van der Waals surface area contributed by atoms with Gasteiger partial charge < -0.3 is 4.74 Å². The number of aromatic nitrogens is 2. The second-order valence-electron chi connectivity index (χ2n) is 2.90. The van der Waals surface area contributed by atoms with Crippen LogP contribution >= 0.6 is 0 Å². The summed E-state index contributed by atoms with van der Waals surface area (Å²) in [7, 11) is 0. The van der Waals surface area contributed by atoms with Gasteiger partial charge in [0, 0.05) is 12.4 Å². The molecule has 0 saturated carbocycles. The molecule has 0 spiro atoms. The van der Waals surface area contributed by atoms with Gasteiger partial charge in [-0.2, -0.15) is 31.6 Å². The van der Waals surface area contributed by atoms with Gasteiger partial charge in [0.05, 0.1) is 0 Å². The molecule has 10 heteroatoms. The summed E-state index contributed by atoms with van der Waals surface area (Å²) in [6.07, 6.45) is -13.7. The molecule has 0 saturated heterocycles. The normalized spacial score (nSPS) is 12.3. The van der Waals surface area contributed by atoms with Crippen molar-refractivity contribution in [1.82, 2.24) is 9.97 Å². The Hall–Kier alpha value is -2.05. The van der Waals surface area contributed by atoms with Crippen molar-refractivity contribution in [3.05, 3.63) is 18.1 Å². The number of ether oxygens (including phenoxy) is 1. The highest BCUT2D eigenvalue weighted by Crippen LogP contribution is 2.36. The SMILES string of the molecule is N#Cc1nccnc1OC(C(F)(F)F)C(F)(F)F. The van der Waals surface area contributed by atoms with Gasteiger partial charge in [0.2, 0.25) is 5.69 Å². The van der Waals surface area contributed by atoms with Crippen LogP contribution in [0.5, 0.6) is 5.88 Å². The van der Waals surface area contributed by atoms with Gasteiger partial charge in [0.25, 0.3) is 12.0 Å². The number of rotatable bonds is 2. The van der Waals surface area contributed by atoms with E-state index < -0.39 is 30.0 Å². The summed E-state index contributed by atoms with van der Waals surface area (Å²) in [4.78, 5) is 6.34. The molecular weight excluding hydrogens is 268 g/mol. The first-order chi connectivity index (χ1) is 8.16. The van der Waals surface area contributed by atoms with E-state index in [0.29, 0.717) is 0 Å². The van der Waals surface area contributed by atoms with Gasteiger partial charge in [-0.1, -0.05) is 0 Å². The fourth-order valence-electron chi connectivity index (χ4n) is 0.919. The molecule has 98 valence electrons. The van der Waals surface area contributed by atoms with Crippen molar-refractivity contribution < 1.29 is 31.1 Å². The van der Waals surface area contributed by atoms with Crippen molar-refractivity contribution in [2.75, 3.05) is 0 Å². The topological polar surface area (TPSA) is 58.8 Å². The Bertz CT molecular complexity index is 449. The van der Waals surface area contributed by atoms with E-state index in [9.17, 15) is 26.3 Å². The summed E-state index contributed by atoms with van der Waals surface area (Å²) < 4.78 is 76.7. The maximum absolute atomic E-state index is 12.2. The molecule has 18 heavy (non-hydrogen) atoms. The molecule has 0 radical (unpaired) electrons. The molecule has 0 aliphatic rings. The molecule has 0 atom stereocenters. The number of halogens is 6. The zero-order chi connectivity index (χ0) is 14.0. The molecule has 0 aromatic carbocycles. The van der Waals surface area contributed by atoms with E-state index in [4.69, 9.17) is 5.26 Å². The third-order valence-electron chi connectivity index (χ3n) is 1.59. The Morgan fingerprint density at radius 3 is 2.00 bits per heavy atom. The Balaban J connectivity index is 3.10. The molecule has 1 aromatic heterocycles. The fraction of sp³-hybridized carbons (Fsp3) is 0.375. The van der Waals surface area contributed by atoms with Crippen LogP contribution in [0.15, 0.2) is 12.4 Å². The molecule has 1 aromatic rings. The Morgan fingerprint density at radius 2 is 1.56 bits per heavy atom. The molecule has 0 unspecified atom stereocenters. The molecule has 0 bridgehead atoms. The second-order valence-corrected chi connectivity index (χ2v) is 2.90.